The molecule has 140 valence electrons. The van der Waals surface area contributed by atoms with E-state index in [1.54, 1.807) is 11.8 Å². The highest BCUT2D eigenvalue weighted by Gasteiger charge is 2.30. The number of nitrogens with zero attached hydrogens (tertiary/aromatic N) is 1. The van der Waals surface area contributed by atoms with Crippen LogP contribution in [-0.4, -0.2) is 18.4 Å². The van der Waals surface area contributed by atoms with Crippen molar-refractivity contribution in [3.8, 4) is 0 Å². The van der Waals surface area contributed by atoms with Gasteiger partial charge in [-0.2, -0.15) is 0 Å². The van der Waals surface area contributed by atoms with Gasteiger partial charge in [0, 0.05) is 29.2 Å². The van der Waals surface area contributed by atoms with E-state index in [2.05, 4.69) is 33.4 Å². The molecular weight excluding hydrogens is 404 g/mol. The zero-order chi connectivity index (χ0) is 19.0. The molecule has 4 nitrogen and oxygen atoms in total. The summed E-state index contributed by atoms with van der Waals surface area (Å²) in [5.41, 5.74) is 3.82. The molecule has 4 rings (SSSR count). The maximum Gasteiger partial charge on any atom is 0.251 e. The van der Waals surface area contributed by atoms with Crippen molar-refractivity contribution in [1.29, 1.82) is 0 Å². The summed E-state index contributed by atoms with van der Waals surface area (Å²) in [6, 6.07) is 13.9. The molecular formula is C22H23BrN2O2. The van der Waals surface area contributed by atoms with E-state index in [0.717, 1.165) is 40.5 Å². The summed E-state index contributed by atoms with van der Waals surface area (Å²) in [4.78, 5) is 26.4. The summed E-state index contributed by atoms with van der Waals surface area (Å²) in [5, 5.41) is 3.26. The third-order valence-electron chi connectivity index (χ3n) is 5.75. The third kappa shape index (κ3) is 3.65. The first-order valence-corrected chi connectivity index (χ1v) is 10.3. The number of hydrogen-bond donors (Lipinski definition) is 1. The van der Waals surface area contributed by atoms with Crippen LogP contribution in [0.25, 0.3) is 0 Å². The van der Waals surface area contributed by atoms with Gasteiger partial charge < -0.3 is 10.2 Å². The van der Waals surface area contributed by atoms with Crippen LogP contribution in [0, 0.1) is 5.92 Å². The minimum Gasteiger partial charge on any atom is -0.345 e. The summed E-state index contributed by atoms with van der Waals surface area (Å²) in [6.07, 6.45) is 4.33. The molecule has 2 amide bonds. The molecule has 5 heteroatoms. The number of nitrogens with one attached hydrogen (secondary N) is 1. The maximum absolute atomic E-state index is 13.0. The predicted molar refractivity (Wildman–Crippen MR) is 110 cm³/mol. The van der Waals surface area contributed by atoms with Crippen LogP contribution in [0.2, 0.25) is 0 Å². The predicted octanol–water partition coefficient (Wildman–Crippen LogP) is 4.63. The summed E-state index contributed by atoms with van der Waals surface area (Å²) in [6.45, 7) is 2.27. The van der Waals surface area contributed by atoms with Gasteiger partial charge in [0.15, 0.2) is 0 Å². The Morgan fingerprint density at radius 2 is 1.89 bits per heavy atom. The summed E-state index contributed by atoms with van der Waals surface area (Å²) in [7, 11) is 0. The van der Waals surface area contributed by atoms with Gasteiger partial charge in [-0.3, -0.25) is 9.59 Å². The van der Waals surface area contributed by atoms with Crippen molar-refractivity contribution in [2.24, 2.45) is 5.92 Å². The number of rotatable bonds is 4. The fourth-order valence-electron chi connectivity index (χ4n) is 4.01. The van der Waals surface area contributed by atoms with Gasteiger partial charge in [0.25, 0.3) is 5.91 Å². The van der Waals surface area contributed by atoms with Gasteiger partial charge in [0.2, 0.25) is 5.91 Å². The molecule has 1 fully saturated rings. The highest BCUT2D eigenvalue weighted by atomic mass is 79.9. The van der Waals surface area contributed by atoms with Gasteiger partial charge in [0.1, 0.15) is 0 Å². The molecule has 1 atom stereocenters. The lowest BCUT2D eigenvalue weighted by Gasteiger charge is -2.34. The molecule has 2 aromatic carbocycles. The topological polar surface area (TPSA) is 49.4 Å². The van der Waals surface area contributed by atoms with Crippen molar-refractivity contribution in [2.45, 2.75) is 38.6 Å². The molecule has 0 spiro atoms. The number of benzene rings is 2. The van der Waals surface area contributed by atoms with Crippen molar-refractivity contribution in [3.05, 3.63) is 63.6 Å². The second kappa shape index (κ2) is 7.47. The van der Waals surface area contributed by atoms with Crippen LogP contribution < -0.4 is 10.2 Å². The Hall–Kier alpha value is -2.14. The van der Waals surface area contributed by atoms with E-state index in [4.69, 9.17) is 0 Å². The Labute approximate surface area is 168 Å². The molecule has 1 N–H and O–H groups in total. The molecule has 0 bridgehead atoms. The maximum atomic E-state index is 13.0. The second-order valence-corrected chi connectivity index (χ2v) is 8.37. The Bertz CT molecular complexity index is 874. The molecule has 2 aliphatic rings. The number of fused-ring (bicyclic) bond motifs is 1. The zero-order valence-electron chi connectivity index (χ0n) is 15.4. The first-order chi connectivity index (χ1) is 13.0. The average Bonchev–Trinajstić information content (AvgIpc) is 3.03. The van der Waals surface area contributed by atoms with Crippen LogP contribution in [-0.2, 0) is 11.2 Å². The van der Waals surface area contributed by atoms with E-state index >= 15 is 0 Å². The monoisotopic (exact) mass is 426 g/mol. The molecule has 1 aliphatic heterocycles. The largest absolute Gasteiger partial charge is 0.345 e. The van der Waals surface area contributed by atoms with Crippen molar-refractivity contribution in [3.63, 3.8) is 0 Å². The lowest BCUT2D eigenvalue weighted by Crippen LogP contribution is -2.36. The van der Waals surface area contributed by atoms with Gasteiger partial charge >= 0.3 is 0 Å². The summed E-state index contributed by atoms with van der Waals surface area (Å²) < 4.78 is 1.04. The van der Waals surface area contributed by atoms with Gasteiger partial charge in [-0.15, -0.1) is 0 Å². The Kier molecular flexibility index (Phi) is 5.04. The fraction of sp³-hybridized carbons (Fsp3) is 0.364. The van der Waals surface area contributed by atoms with Gasteiger partial charge in [-0.25, -0.2) is 0 Å². The molecule has 0 saturated heterocycles. The van der Waals surface area contributed by atoms with E-state index < -0.39 is 0 Å². The molecule has 27 heavy (non-hydrogen) atoms. The minimum absolute atomic E-state index is 0.0427. The molecule has 1 saturated carbocycles. The van der Waals surface area contributed by atoms with E-state index in [-0.39, 0.29) is 17.9 Å². The van der Waals surface area contributed by atoms with E-state index in [1.807, 2.05) is 30.3 Å². The SMILES string of the molecule is CC(=O)N1CCc2cc(C(=O)NC(c3ccc(Br)cc3)C3CCC3)ccc21. The first-order valence-electron chi connectivity index (χ1n) is 9.50. The fourth-order valence-corrected chi connectivity index (χ4v) is 4.28. The molecule has 0 aromatic heterocycles. The van der Waals surface area contributed by atoms with Crippen LogP contribution >= 0.6 is 15.9 Å². The average molecular weight is 427 g/mol. The molecule has 1 unspecified atom stereocenters. The highest BCUT2D eigenvalue weighted by molar-refractivity contribution is 9.10. The molecule has 0 radical (unpaired) electrons. The van der Waals surface area contributed by atoms with Crippen LogP contribution in [0.3, 0.4) is 0 Å². The Balaban J connectivity index is 1.55. The summed E-state index contributed by atoms with van der Waals surface area (Å²) >= 11 is 3.48. The zero-order valence-corrected chi connectivity index (χ0v) is 17.0. The second-order valence-electron chi connectivity index (χ2n) is 7.46. The van der Waals surface area contributed by atoms with E-state index in [0.29, 0.717) is 18.0 Å². The number of carbonyl (C=O) groups excluding carboxylic acids is 2. The lowest BCUT2D eigenvalue weighted by molar-refractivity contribution is -0.116. The normalized spacial score (nSPS) is 17.2. The smallest absolute Gasteiger partial charge is 0.251 e. The number of hydrogen-bond acceptors (Lipinski definition) is 2. The minimum atomic E-state index is -0.0427. The van der Waals surface area contributed by atoms with Crippen LogP contribution in [0.15, 0.2) is 46.9 Å². The summed E-state index contributed by atoms with van der Waals surface area (Å²) in [5.74, 6) is 0.503. The quantitative estimate of drug-likeness (QED) is 0.774. The van der Waals surface area contributed by atoms with Crippen molar-refractivity contribution >= 4 is 33.4 Å². The van der Waals surface area contributed by atoms with Crippen LogP contribution in [0.4, 0.5) is 5.69 Å². The Morgan fingerprint density at radius 3 is 2.52 bits per heavy atom. The van der Waals surface area contributed by atoms with Crippen molar-refractivity contribution in [2.75, 3.05) is 11.4 Å². The molecule has 2 aromatic rings. The van der Waals surface area contributed by atoms with E-state index in [9.17, 15) is 9.59 Å². The third-order valence-corrected chi connectivity index (χ3v) is 6.28. The number of amides is 2. The van der Waals surface area contributed by atoms with Gasteiger partial charge in [-0.1, -0.05) is 34.5 Å². The van der Waals surface area contributed by atoms with Gasteiger partial charge in [-0.05, 0) is 66.6 Å². The van der Waals surface area contributed by atoms with Crippen LogP contribution in [0.1, 0.15) is 53.7 Å². The van der Waals surface area contributed by atoms with Crippen molar-refractivity contribution < 1.29 is 9.59 Å². The van der Waals surface area contributed by atoms with E-state index in [1.165, 1.54) is 6.42 Å². The number of anilines is 1. The molecule has 1 aliphatic carbocycles. The lowest BCUT2D eigenvalue weighted by atomic mass is 9.77. The van der Waals surface area contributed by atoms with Crippen molar-refractivity contribution in [1.82, 2.24) is 5.32 Å². The molecule has 1 heterocycles. The van der Waals surface area contributed by atoms with Crippen LogP contribution in [0.5, 0.6) is 0 Å². The highest BCUT2D eigenvalue weighted by Crippen LogP contribution is 2.38. The number of carbonyl (C=O) groups is 2. The Morgan fingerprint density at radius 1 is 1.15 bits per heavy atom. The van der Waals surface area contributed by atoms with Gasteiger partial charge in [0.05, 0.1) is 6.04 Å². The standard InChI is InChI=1S/C22H23BrN2O2/c1-14(26)25-12-11-17-13-18(7-10-20(17)25)22(27)24-21(15-3-2-4-15)16-5-8-19(23)9-6-16/h5-10,13,15,21H,2-4,11-12H2,1H3,(H,24,27). The first kappa shape index (κ1) is 18.2. The number of halogens is 1.